The van der Waals surface area contributed by atoms with E-state index in [1.807, 2.05) is 36.4 Å². The first-order valence-corrected chi connectivity index (χ1v) is 14.2. The van der Waals surface area contributed by atoms with Crippen LogP contribution in [0.25, 0.3) is 0 Å². The molecule has 3 atom stereocenters. The van der Waals surface area contributed by atoms with E-state index in [9.17, 15) is 4.79 Å². The Labute approximate surface area is 215 Å². The van der Waals surface area contributed by atoms with Gasteiger partial charge in [0.05, 0.1) is 12.5 Å². The predicted molar refractivity (Wildman–Crippen MR) is 142 cm³/mol. The van der Waals surface area contributed by atoms with Crippen molar-refractivity contribution in [3.63, 3.8) is 0 Å². The van der Waals surface area contributed by atoms with E-state index in [0.29, 0.717) is 0 Å². The van der Waals surface area contributed by atoms with Gasteiger partial charge in [0.2, 0.25) is 6.23 Å². The first-order chi connectivity index (χ1) is 17.5. The molecule has 0 radical (unpaired) electrons. The quantitative estimate of drug-likeness (QED) is 0.392. The normalized spacial score (nSPS) is 24.8. The van der Waals surface area contributed by atoms with Crippen molar-refractivity contribution in [3.8, 4) is 0 Å². The summed E-state index contributed by atoms with van der Waals surface area (Å²) in [6.45, 7) is 6.34. The van der Waals surface area contributed by atoms with Gasteiger partial charge in [-0.15, -0.1) is 0 Å². The van der Waals surface area contributed by atoms with Crippen molar-refractivity contribution in [1.29, 1.82) is 0 Å². The van der Waals surface area contributed by atoms with Crippen molar-refractivity contribution in [2.24, 2.45) is 5.92 Å². The summed E-state index contributed by atoms with van der Waals surface area (Å²) in [5.74, 6) is -4.65. The monoisotopic (exact) mass is 523 g/mol. The van der Waals surface area contributed by atoms with Gasteiger partial charge in [-0.3, -0.25) is 4.57 Å². The van der Waals surface area contributed by atoms with Crippen LogP contribution in [-0.2, 0) is 9.16 Å². The average Bonchev–Trinajstić information content (AvgIpc) is 3.37. The van der Waals surface area contributed by atoms with E-state index in [0.717, 1.165) is 14.9 Å². The lowest BCUT2D eigenvalue weighted by atomic mass is 9.88. The Balaban J connectivity index is 1.58. The fourth-order valence-electron chi connectivity index (χ4n) is 5.78. The van der Waals surface area contributed by atoms with Gasteiger partial charge in [0.1, 0.15) is 11.4 Å². The Kier molecular flexibility index (Phi) is 6.21. The van der Waals surface area contributed by atoms with Crippen molar-refractivity contribution in [2.45, 2.75) is 50.0 Å². The zero-order valence-corrected chi connectivity index (χ0v) is 22.1. The summed E-state index contributed by atoms with van der Waals surface area (Å²) in [6.07, 6.45) is 2.85. The lowest BCUT2D eigenvalue weighted by Crippen LogP contribution is -2.67. The molecule has 5 rings (SSSR count). The smallest absolute Gasteiger partial charge is 0.351 e. The highest BCUT2D eigenvalue weighted by Gasteiger charge is 2.68. The van der Waals surface area contributed by atoms with E-state index < -0.39 is 37.7 Å². The maximum Gasteiger partial charge on any atom is 0.351 e. The second-order valence-corrected chi connectivity index (χ2v) is 15.1. The highest BCUT2D eigenvalue weighted by Crippen LogP contribution is 2.57. The topological polar surface area (TPSA) is 79.4 Å². The molecule has 2 N–H and O–H groups in total. The number of hydrogen-bond acceptors (Lipinski definition) is 5. The Bertz CT molecular complexity index is 1320. The molecule has 2 aromatic carbocycles. The van der Waals surface area contributed by atoms with Gasteiger partial charge in [-0.2, -0.15) is 4.98 Å². The van der Waals surface area contributed by atoms with Crippen molar-refractivity contribution in [3.05, 3.63) is 95.6 Å². The van der Waals surface area contributed by atoms with Gasteiger partial charge in [-0.05, 0) is 27.9 Å². The summed E-state index contributed by atoms with van der Waals surface area (Å²) in [5.41, 5.74) is 3.37. The molecule has 9 heteroatoms. The molecule has 1 saturated heterocycles. The molecule has 0 amide bonds. The number of nitrogens with two attached hydrogens (primary N) is 1. The number of anilines is 1. The van der Waals surface area contributed by atoms with Crippen LogP contribution in [0.5, 0.6) is 0 Å². The number of benzene rings is 2. The maximum atomic E-state index is 15.8. The molecule has 2 heterocycles. The first kappa shape index (κ1) is 25.5. The van der Waals surface area contributed by atoms with Crippen molar-refractivity contribution < 1.29 is 17.9 Å². The molecule has 0 bridgehead atoms. The van der Waals surface area contributed by atoms with Crippen molar-refractivity contribution in [2.75, 3.05) is 12.3 Å². The van der Waals surface area contributed by atoms with Crippen LogP contribution in [0, 0.1) is 5.92 Å². The fourth-order valence-corrected chi connectivity index (χ4v) is 10.4. The van der Waals surface area contributed by atoms with Gasteiger partial charge in [0, 0.05) is 6.20 Å². The molecule has 0 unspecified atom stereocenters. The third-order valence-corrected chi connectivity index (χ3v) is 12.5. The Morgan fingerprint density at radius 2 is 1.68 bits per heavy atom. The van der Waals surface area contributed by atoms with Crippen LogP contribution in [0.15, 0.2) is 89.9 Å². The number of aromatic nitrogens is 2. The van der Waals surface area contributed by atoms with Gasteiger partial charge in [0.25, 0.3) is 8.32 Å². The summed E-state index contributed by atoms with van der Waals surface area (Å²) < 4.78 is 45.6. The fraction of sp³-hybridized carbons (Fsp3) is 0.357. The highest BCUT2D eigenvalue weighted by molar-refractivity contribution is 6.99. The minimum atomic E-state index is -3.36. The van der Waals surface area contributed by atoms with Crippen LogP contribution in [0.4, 0.5) is 14.6 Å². The van der Waals surface area contributed by atoms with E-state index in [1.54, 1.807) is 6.08 Å². The van der Waals surface area contributed by atoms with E-state index in [2.05, 4.69) is 50.0 Å². The molecule has 37 heavy (non-hydrogen) atoms. The largest absolute Gasteiger partial charge is 0.404 e. The lowest BCUT2D eigenvalue weighted by Gasteiger charge is -2.45. The molecular weight excluding hydrogens is 492 g/mol. The van der Waals surface area contributed by atoms with E-state index in [1.165, 1.54) is 18.3 Å². The van der Waals surface area contributed by atoms with Crippen LogP contribution in [0.2, 0.25) is 5.04 Å². The van der Waals surface area contributed by atoms with Crippen LogP contribution < -0.4 is 21.8 Å². The number of hydrogen-bond donors (Lipinski definition) is 1. The van der Waals surface area contributed by atoms with Crippen LogP contribution in [-0.4, -0.2) is 36.0 Å². The molecular formula is C28H31F2N3O3Si. The summed E-state index contributed by atoms with van der Waals surface area (Å²) >= 11 is 0. The number of fused-ring (bicyclic) bond motifs is 1. The number of nitrogen functional groups attached to an aromatic ring is 1. The van der Waals surface area contributed by atoms with Gasteiger partial charge in [-0.25, -0.2) is 13.6 Å². The number of alkyl halides is 2. The minimum Gasteiger partial charge on any atom is -0.404 e. The zero-order chi connectivity index (χ0) is 26.5. The lowest BCUT2D eigenvalue weighted by molar-refractivity contribution is -0.142. The summed E-state index contributed by atoms with van der Waals surface area (Å²) in [4.78, 5) is 16.1. The summed E-state index contributed by atoms with van der Waals surface area (Å²) in [7, 11) is -3.00. The number of ether oxygens (including phenoxy) is 1. The molecule has 2 aliphatic rings. The Morgan fingerprint density at radius 3 is 2.22 bits per heavy atom. The van der Waals surface area contributed by atoms with E-state index >= 15 is 8.78 Å². The maximum absolute atomic E-state index is 15.8. The molecule has 1 fully saturated rings. The van der Waals surface area contributed by atoms with Gasteiger partial charge >= 0.3 is 11.6 Å². The molecule has 1 aliphatic carbocycles. The standard InChI is InChI=1S/C28H31F2N3O3Si/c1-26(2,3)37(20-11-6-4-7-12-20,21-13-8-5-9-14-21)35-19-27-17-10-15-22(27)28(29,30)24(36-27)33-18-16-23(31)32-25(33)34/h4-16,18,22,24H,17,19H2,1-3H3,(H2,31,32,34)/t22-,24-,27-/m1/s1. The molecule has 1 aromatic heterocycles. The number of rotatable bonds is 6. The van der Waals surface area contributed by atoms with Crippen LogP contribution >= 0.6 is 0 Å². The van der Waals surface area contributed by atoms with Crippen molar-refractivity contribution >= 4 is 24.5 Å². The molecule has 0 saturated carbocycles. The third-order valence-electron chi connectivity index (χ3n) is 7.50. The zero-order valence-electron chi connectivity index (χ0n) is 21.1. The summed E-state index contributed by atoms with van der Waals surface area (Å²) in [5, 5.41) is 1.77. The summed E-state index contributed by atoms with van der Waals surface area (Å²) in [6, 6.07) is 21.3. The average molecular weight is 524 g/mol. The van der Waals surface area contributed by atoms with Crippen molar-refractivity contribution in [1.82, 2.24) is 9.55 Å². The molecule has 0 spiro atoms. The van der Waals surface area contributed by atoms with Crippen LogP contribution in [0.1, 0.15) is 33.4 Å². The molecule has 6 nitrogen and oxygen atoms in total. The Hall–Kier alpha value is -3.14. The van der Waals surface area contributed by atoms with Crippen LogP contribution in [0.3, 0.4) is 0 Å². The van der Waals surface area contributed by atoms with E-state index in [4.69, 9.17) is 14.9 Å². The molecule has 1 aliphatic heterocycles. The second-order valence-electron chi connectivity index (χ2n) is 10.8. The van der Waals surface area contributed by atoms with E-state index in [-0.39, 0.29) is 23.9 Å². The Morgan fingerprint density at radius 1 is 1.08 bits per heavy atom. The van der Waals surface area contributed by atoms with Gasteiger partial charge in [0.15, 0.2) is 0 Å². The number of nitrogens with zero attached hydrogens (tertiary/aromatic N) is 2. The number of halogens is 2. The SMILES string of the molecule is CC(C)(C)[Si](OC[C@]12CC=C[C@H]1C(F)(F)[C@H](n1ccc(N)nc1=O)O2)(c1ccccc1)c1ccccc1. The second kappa shape index (κ2) is 9.00. The minimum absolute atomic E-state index is 0.0348. The van der Waals surface area contributed by atoms with Gasteiger partial charge < -0.3 is 14.9 Å². The molecule has 194 valence electrons. The molecule has 3 aromatic rings. The first-order valence-electron chi connectivity index (χ1n) is 12.3. The van der Waals surface area contributed by atoms with Gasteiger partial charge in [-0.1, -0.05) is 93.6 Å². The predicted octanol–water partition coefficient (Wildman–Crippen LogP) is 3.88. The highest BCUT2D eigenvalue weighted by atomic mass is 28.4. The third kappa shape index (κ3) is 4.05.